The Bertz CT molecular complexity index is 577. The molecule has 0 saturated heterocycles. The fourth-order valence-corrected chi connectivity index (χ4v) is 1.92. The second-order valence-electron chi connectivity index (χ2n) is 5.24. The van der Waals surface area contributed by atoms with Crippen LogP contribution in [0.25, 0.3) is 0 Å². The third kappa shape index (κ3) is 3.29. The number of furan rings is 1. The van der Waals surface area contributed by atoms with E-state index < -0.39 is 0 Å². The van der Waals surface area contributed by atoms with Crippen LogP contribution in [0.3, 0.4) is 0 Å². The van der Waals surface area contributed by atoms with Gasteiger partial charge in [0.25, 0.3) is 0 Å². The van der Waals surface area contributed by atoms with E-state index in [1.165, 1.54) is 0 Å². The van der Waals surface area contributed by atoms with Crippen molar-refractivity contribution in [2.24, 2.45) is 0 Å². The van der Waals surface area contributed by atoms with Crippen LogP contribution in [0.2, 0.25) is 0 Å². The Morgan fingerprint density at radius 3 is 2.60 bits per heavy atom. The molecule has 2 heterocycles. The molecule has 1 N–H and O–H groups in total. The summed E-state index contributed by atoms with van der Waals surface area (Å²) < 4.78 is 5.61. The average Bonchev–Trinajstić information content (AvgIpc) is 2.83. The lowest BCUT2D eigenvalue weighted by molar-refractivity contribution is 0.481. The molecular formula is C15H22N4O. The zero-order chi connectivity index (χ0) is 14.7. The molecule has 5 nitrogen and oxygen atoms in total. The molecule has 0 unspecified atom stereocenters. The third-order valence-corrected chi connectivity index (χ3v) is 3.08. The zero-order valence-electron chi connectivity index (χ0n) is 12.8. The number of aryl methyl sites for hydroxylation is 1. The topological polar surface area (TPSA) is 54.2 Å². The van der Waals surface area contributed by atoms with Crippen LogP contribution in [0.5, 0.6) is 0 Å². The van der Waals surface area contributed by atoms with Gasteiger partial charge in [-0.15, -0.1) is 0 Å². The van der Waals surface area contributed by atoms with Gasteiger partial charge in [-0.25, -0.2) is 9.97 Å². The highest BCUT2D eigenvalue weighted by Gasteiger charge is 2.12. The number of aromatic nitrogens is 2. The van der Waals surface area contributed by atoms with Crippen LogP contribution < -0.4 is 10.2 Å². The van der Waals surface area contributed by atoms with Gasteiger partial charge in [0.2, 0.25) is 0 Å². The van der Waals surface area contributed by atoms with Crippen LogP contribution in [0.15, 0.2) is 22.6 Å². The van der Waals surface area contributed by atoms with E-state index in [1.807, 2.05) is 39.2 Å². The van der Waals surface area contributed by atoms with E-state index in [2.05, 4.69) is 34.0 Å². The fourth-order valence-electron chi connectivity index (χ4n) is 1.92. The molecule has 108 valence electrons. The first-order chi connectivity index (χ1) is 9.49. The standard InChI is InChI=1S/C15H22N4O/c1-10(2)15-17-13(16-4)8-14(18-15)19(5)9-12-7-6-11(3)20-12/h6-8,10H,9H2,1-5H3,(H,16,17,18). The van der Waals surface area contributed by atoms with Gasteiger partial charge < -0.3 is 14.6 Å². The van der Waals surface area contributed by atoms with Gasteiger partial charge in [-0.1, -0.05) is 13.8 Å². The summed E-state index contributed by atoms with van der Waals surface area (Å²) in [7, 11) is 3.87. The van der Waals surface area contributed by atoms with E-state index in [0.29, 0.717) is 12.5 Å². The van der Waals surface area contributed by atoms with E-state index in [0.717, 1.165) is 29.0 Å². The molecule has 5 heteroatoms. The van der Waals surface area contributed by atoms with Gasteiger partial charge in [-0.05, 0) is 19.1 Å². The fraction of sp³-hybridized carbons (Fsp3) is 0.467. The Morgan fingerprint density at radius 1 is 1.30 bits per heavy atom. The van der Waals surface area contributed by atoms with Crippen LogP contribution in [0.1, 0.15) is 37.1 Å². The van der Waals surface area contributed by atoms with Crippen molar-refractivity contribution in [1.29, 1.82) is 0 Å². The first kappa shape index (κ1) is 14.4. The SMILES string of the molecule is CNc1cc(N(C)Cc2ccc(C)o2)nc(C(C)C)n1. The summed E-state index contributed by atoms with van der Waals surface area (Å²) in [6.07, 6.45) is 0. The van der Waals surface area contributed by atoms with Crippen molar-refractivity contribution in [3.8, 4) is 0 Å². The summed E-state index contributed by atoms with van der Waals surface area (Å²) in [6.45, 7) is 6.82. The molecule has 0 bridgehead atoms. The molecule has 0 atom stereocenters. The van der Waals surface area contributed by atoms with Gasteiger partial charge in [-0.2, -0.15) is 0 Å². The number of anilines is 2. The Morgan fingerprint density at radius 2 is 2.05 bits per heavy atom. The minimum Gasteiger partial charge on any atom is -0.464 e. The van der Waals surface area contributed by atoms with E-state index in [-0.39, 0.29) is 0 Å². The second kappa shape index (κ2) is 5.94. The van der Waals surface area contributed by atoms with Crippen LogP contribution in [-0.4, -0.2) is 24.1 Å². The van der Waals surface area contributed by atoms with E-state index >= 15 is 0 Å². The molecule has 2 aromatic rings. The molecule has 20 heavy (non-hydrogen) atoms. The zero-order valence-corrected chi connectivity index (χ0v) is 12.8. The lowest BCUT2D eigenvalue weighted by atomic mass is 10.2. The Hall–Kier alpha value is -2.04. The molecule has 0 aliphatic carbocycles. The predicted molar refractivity (Wildman–Crippen MR) is 81.2 cm³/mol. The summed E-state index contributed by atoms with van der Waals surface area (Å²) in [4.78, 5) is 11.2. The molecule has 0 spiro atoms. The average molecular weight is 274 g/mol. The lowest BCUT2D eigenvalue weighted by Gasteiger charge is -2.19. The largest absolute Gasteiger partial charge is 0.464 e. The number of nitrogens with one attached hydrogen (secondary N) is 1. The van der Waals surface area contributed by atoms with Crippen molar-refractivity contribution in [3.63, 3.8) is 0 Å². The second-order valence-corrected chi connectivity index (χ2v) is 5.24. The van der Waals surface area contributed by atoms with Gasteiger partial charge in [0.15, 0.2) is 0 Å². The molecule has 0 fully saturated rings. The Labute approximate surface area is 120 Å². The maximum absolute atomic E-state index is 5.61. The summed E-state index contributed by atoms with van der Waals surface area (Å²) in [6, 6.07) is 5.92. The number of hydrogen-bond acceptors (Lipinski definition) is 5. The maximum Gasteiger partial charge on any atom is 0.135 e. The van der Waals surface area contributed by atoms with Crippen LogP contribution in [-0.2, 0) is 6.54 Å². The molecule has 0 aromatic carbocycles. The summed E-state index contributed by atoms with van der Waals surface area (Å²) in [5.74, 6) is 4.72. The van der Waals surface area contributed by atoms with Gasteiger partial charge in [0, 0.05) is 26.1 Å². The molecule has 0 radical (unpaired) electrons. The molecule has 2 rings (SSSR count). The maximum atomic E-state index is 5.61. The first-order valence-electron chi connectivity index (χ1n) is 6.82. The lowest BCUT2D eigenvalue weighted by Crippen LogP contribution is -2.19. The summed E-state index contributed by atoms with van der Waals surface area (Å²) in [5.41, 5.74) is 0. The smallest absolute Gasteiger partial charge is 0.135 e. The van der Waals surface area contributed by atoms with E-state index in [9.17, 15) is 0 Å². The molecule has 0 aliphatic heterocycles. The minimum absolute atomic E-state index is 0.293. The van der Waals surface area contributed by atoms with E-state index in [1.54, 1.807) is 0 Å². The van der Waals surface area contributed by atoms with Crippen molar-refractivity contribution < 1.29 is 4.42 Å². The number of rotatable bonds is 5. The first-order valence-corrected chi connectivity index (χ1v) is 6.82. The molecule has 0 amide bonds. The molecule has 2 aromatic heterocycles. The highest BCUT2D eigenvalue weighted by Crippen LogP contribution is 2.20. The third-order valence-electron chi connectivity index (χ3n) is 3.08. The molecule has 0 aliphatic rings. The predicted octanol–water partition coefficient (Wildman–Crippen LogP) is 3.18. The Balaban J connectivity index is 2.24. The van der Waals surface area contributed by atoms with Crippen molar-refractivity contribution in [2.75, 3.05) is 24.3 Å². The highest BCUT2D eigenvalue weighted by molar-refractivity contribution is 5.49. The van der Waals surface area contributed by atoms with Crippen LogP contribution >= 0.6 is 0 Å². The quantitative estimate of drug-likeness (QED) is 0.907. The van der Waals surface area contributed by atoms with Gasteiger partial charge in [0.05, 0.1) is 6.54 Å². The van der Waals surface area contributed by atoms with Crippen LogP contribution in [0.4, 0.5) is 11.6 Å². The number of hydrogen-bond donors (Lipinski definition) is 1. The van der Waals surface area contributed by atoms with Crippen molar-refractivity contribution in [1.82, 2.24) is 9.97 Å². The minimum atomic E-state index is 0.293. The summed E-state index contributed by atoms with van der Waals surface area (Å²) >= 11 is 0. The van der Waals surface area contributed by atoms with Crippen molar-refractivity contribution in [3.05, 3.63) is 35.5 Å². The van der Waals surface area contributed by atoms with Crippen molar-refractivity contribution >= 4 is 11.6 Å². The monoisotopic (exact) mass is 274 g/mol. The van der Waals surface area contributed by atoms with Crippen LogP contribution in [0, 0.1) is 6.92 Å². The molecule has 0 saturated carbocycles. The van der Waals surface area contributed by atoms with Gasteiger partial charge in [-0.3, -0.25) is 0 Å². The van der Waals surface area contributed by atoms with Gasteiger partial charge >= 0.3 is 0 Å². The molecular weight excluding hydrogens is 252 g/mol. The van der Waals surface area contributed by atoms with Crippen molar-refractivity contribution in [2.45, 2.75) is 33.2 Å². The Kier molecular flexibility index (Phi) is 4.27. The number of nitrogens with zero attached hydrogens (tertiary/aromatic N) is 3. The summed E-state index contributed by atoms with van der Waals surface area (Å²) in [5, 5.41) is 3.08. The normalized spacial score (nSPS) is 10.9. The van der Waals surface area contributed by atoms with E-state index in [4.69, 9.17) is 4.42 Å². The highest BCUT2D eigenvalue weighted by atomic mass is 16.3. The van der Waals surface area contributed by atoms with Gasteiger partial charge in [0.1, 0.15) is 29.0 Å².